The first-order valence-corrected chi connectivity index (χ1v) is 4.26. The molecular weight excluding hydrogens is 168 g/mol. The summed E-state index contributed by atoms with van der Waals surface area (Å²) in [6.45, 7) is 4.07. The summed E-state index contributed by atoms with van der Waals surface area (Å²) in [4.78, 5) is 15.4. The fraction of sp³-hybridized carbons (Fsp3) is 0.556. The zero-order chi connectivity index (χ0) is 9.64. The van der Waals surface area contributed by atoms with Crippen molar-refractivity contribution in [3.05, 3.63) is 11.5 Å². The summed E-state index contributed by atoms with van der Waals surface area (Å²) in [5.74, 6) is 0.672. The topological polar surface area (TPSA) is 69.1 Å². The van der Waals surface area contributed by atoms with Gasteiger partial charge in [0.15, 0.2) is 5.78 Å². The molecule has 0 atom stereocenters. The highest BCUT2D eigenvalue weighted by Gasteiger charge is 2.34. The van der Waals surface area contributed by atoms with E-state index in [-0.39, 0.29) is 17.2 Å². The molecule has 70 valence electrons. The van der Waals surface area contributed by atoms with Crippen LogP contribution < -0.4 is 5.73 Å². The van der Waals surface area contributed by atoms with Crippen molar-refractivity contribution in [1.82, 2.24) is 4.98 Å². The minimum atomic E-state index is -0.0317. The molecule has 4 heteroatoms. The highest BCUT2D eigenvalue weighted by Crippen LogP contribution is 2.35. The first-order valence-electron chi connectivity index (χ1n) is 4.26. The van der Waals surface area contributed by atoms with E-state index < -0.39 is 0 Å². The number of fused-ring (bicyclic) bond motifs is 1. The van der Waals surface area contributed by atoms with Gasteiger partial charge in [-0.3, -0.25) is 4.79 Å². The van der Waals surface area contributed by atoms with Gasteiger partial charge in [-0.1, -0.05) is 13.8 Å². The molecule has 1 aromatic rings. The summed E-state index contributed by atoms with van der Waals surface area (Å²) < 4.78 is 5.16. The predicted octanol–water partition coefficient (Wildman–Crippen LogP) is 1.41. The second-order valence-corrected chi connectivity index (χ2v) is 4.26. The minimum Gasteiger partial charge on any atom is -0.428 e. The number of Topliss-reactive ketones (excluding diaryl/α,β-unsaturated/α-hetero) is 1. The molecule has 0 spiro atoms. The van der Waals surface area contributed by atoms with Crippen LogP contribution >= 0.6 is 0 Å². The Morgan fingerprint density at radius 3 is 2.85 bits per heavy atom. The second-order valence-electron chi connectivity index (χ2n) is 4.26. The van der Waals surface area contributed by atoms with E-state index in [1.165, 1.54) is 0 Å². The highest BCUT2D eigenvalue weighted by atomic mass is 16.4. The third kappa shape index (κ3) is 1.32. The monoisotopic (exact) mass is 180 g/mol. The molecule has 1 aromatic heterocycles. The van der Waals surface area contributed by atoms with Gasteiger partial charge in [0, 0.05) is 12.8 Å². The van der Waals surface area contributed by atoms with Crippen molar-refractivity contribution in [2.75, 3.05) is 5.73 Å². The van der Waals surface area contributed by atoms with E-state index in [1.54, 1.807) is 0 Å². The number of hydrogen-bond donors (Lipinski definition) is 1. The van der Waals surface area contributed by atoms with Gasteiger partial charge in [-0.2, -0.15) is 4.98 Å². The number of nitrogen functional groups attached to an aromatic ring is 1. The lowest BCUT2D eigenvalue weighted by Gasteiger charge is -2.25. The summed E-state index contributed by atoms with van der Waals surface area (Å²) in [5.41, 5.74) is 5.78. The van der Waals surface area contributed by atoms with Crippen molar-refractivity contribution in [2.24, 2.45) is 5.41 Å². The van der Waals surface area contributed by atoms with Crippen molar-refractivity contribution in [3.8, 4) is 0 Å². The molecule has 2 rings (SSSR count). The molecule has 4 nitrogen and oxygen atoms in total. The maximum absolute atomic E-state index is 11.5. The highest BCUT2D eigenvalue weighted by molar-refractivity contribution is 5.96. The molecule has 1 aliphatic carbocycles. The quantitative estimate of drug-likeness (QED) is 0.655. The second kappa shape index (κ2) is 2.34. The molecule has 1 heterocycles. The van der Waals surface area contributed by atoms with E-state index in [2.05, 4.69) is 4.98 Å². The lowest BCUT2D eigenvalue weighted by atomic mass is 9.78. The number of anilines is 1. The van der Waals surface area contributed by atoms with Gasteiger partial charge in [-0.05, 0) is 5.41 Å². The fourth-order valence-corrected chi connectivity index (χ4v) is 1.72. The molecule has 0 radical (unpaired) electrons. The average Bonchev–Trinajstić information content (AvgIpc) is 2.27. The Morgan fingerprint density at radius 2 is 2.15 bits per heavy atom. The summed E-state index contributed by atoms with van der Waals surface area (Å²) in [6.07, 6.45) is 1.25. The minimum absolute atomic E-state index is 0.0317. The van der Waals surface area contributed by atoms with Crippen molar-refractivity contribution < 1.29 is 9.21 Å². The maximum atomic E-state index is 11.5. The van der Waals surface area contributed by atoms with Gasteiger partial charge in [0.2, 0.25) is 0 Å². The van der Waals surface area contributed by atoms with Crippen LogP contribution in [-0.2, 0) is 6.42 Å². The Bertz CT molecular complexity index is 366. The zero-order valence-electron chi connectivity index (χ0n) is 7.76. The van der Waals surface area contributed by atoms with Crippen molar-refractivity contribution in [1.29, 1.82) is 0 Å². The van der Waals surface area contributed by atoms with E-state index in [4.69, 9.17) is 10.2 Å². The van der Waals surface area contributed by atoms with Gasteiger partial charge < -0.3 is 10.2 Å². The molecule has 0 aliphatic heterocycles. The maximum Gasteiger partial charge on any atom is 0.292 e. The van der Waals surface area contributed by atoms with Crippen LogP contribution in [0.4, 0.5) is 6.01 Å². The fourth-order valence-electron chi connectivity index (χ4n) is 1.72. The molecule has 13 heavy (non-hydrogen) atoms. The lowest BCUT2D eigenvalue weighted by Crippen LogP contribution is -2.26. The summed E-state index contributed by atoms with van der Waals surface area (Å²) >= 11 is 0. The molecule has 1 aliphatic rings. The number of rotatable bonds is 0. The summed E-state index contributed by atoms with van der Waals surface area (Å²) in [7, 11) is 0. The van der Waals surface area contributed by atoms with E-state index in [0.29, 0.717) is 17.9 Å². The molecule has 0 amide bonds. The molecule has 0 unspecified atom stereocenters. The van der Waals surface area contributed by atoms with Gasteiger partial charge in [0.1, 0.15) is 11.5 Å². The van der Waals surface area contributed by atoms with Crippen LogP contribution in [0.1, 0.15) is 36.5 Å². The number of ketones is 1. The van der Waals surface area contributed by atoms with Crippen molar-refractivity contribution >= 4 is 11.8 Å². The van der Waals surface area contributed by atoms with Gasteiger partial charge in [0.25, 0.3) is 6.01 Å². The Kier molecular flexibility index (Phi) is 1.49. The van der Waals surface area contributed by atoms with Crippen LogP contribution in [0.5, 0.6) is 0 Å². The van der Waals surface area contributed by atoms with Crippen molar-refractivity contribution in [3.63, 3.8) is 0 Å². The lowest BCUT2D eigenvalue weighted by molar-refractivity contribution is 0.0899. The number of nitrogens with zero attached hydrogens (tertiary/aromatic N) is 1. The number of oxazole rings is 1. The average molecular weight is 180 g/mol. The van der Waals surface area contributed by atoms with Crippen LogP contribution in [0.25, 0.3) is 0 Å². The van der Waals surface area contributed by atoms with Crippen LogP contribution in [0.15, 0.2) is 4.42 Å². The first kappa shape index (κ1) is 8.29. The summed E-state index contributed by atoms with van der Waals surface area (Å²) in [6, 6.07) is 0.0936. The van der Waals surface area contributed by atoms with Crippen LogP contribution in [0, 0.1) is 5.41 Å². The summed E-state index contributed by atoms with van der Waals surface area (Å²) in [5, 5.41) is 0. The van der Waals surface area contributed by atoms with Crippen LogP contribution in [0.2, 0.25) is 0 Å². The Balaban J connectivity index is 2.48. The van der Waals surface area contributed by atoms with Crippen LogP contribution in [0.3, 0.4) is 0 Å². The van der Waals surface area contributed by atoms with E-state index in [0.717, 1.165) is 6.42 Å². The molecule has 0 bridgehead atoms. The standard InChI is InChI=1S/C9H12N2O2/c1-9(2)3-5(12)7-6(4-9)13-8(10)11-7/h3-4H2,1-2H3,(H2,10,11). The van der Waals surface area contributed by atoms with E-state index in [1.807, 2.05) is 13.8 Å². The van der Waals surface area contributed by atoms with Crippen molar-refractivity contribution in [2.45, 2.75) is 26.7 Å². The van der Waals surface area contributed by atoms with Gasteiger partial charge in [-0.15, -0.1) is 0 Å². The van der Waals surface area contributed by atoms with Gasteiger partial charge in [-0.25, -0.2) is 0 Å². The molecule has 0 fully saturated rings. The number of carbonyl (C=O) groups is 1. The molecule has 0 saturated carbocycles. The molecule has 2 N–H and O–H groups in total. The number of hydrogen-bond acceptors (Lipinski definition) is 4. The third-order valence-corrected chi connectivity index (χ3v) is 2.26. The number of carbonyl (C=O) groups excluding carboxylic acids is 1. The van der Waals surface area contributed by atoms with E-state index in [9.17, 15) is 4.79 Å². The Hall–Kier alpha value is -1.32. The van der Waals surface area contributed by atoms with E-state index >= 15 is 0 Å². The van der Waals surface area contributed by atoms with Crippen LogP contribution in [-0.4, -0.2) is 10.8 Å². The normalized spacial score (nSPS) is 20.0. The number of nitrogens with two attached hydrogens (primary N) is 1. The largest absolute Gasteiger partial charge is 0.428 e. The number of aromatic nitrogens is 1. The first-order chi connectivity index (χ1) is 5.98. The SMILES string of the molecule is CC1(C)CC(=O)c2nc(N)oc2C1. The third-order valence-electron chi connectivity index (χ3n) is 2.26. The Morgan fingerprint density at radius 1 is 1.46 bits per heavy atom. The zero-order valence-corrected chi connectivity index (χ0v) is 7.76. The predicted molar refractivity (Wildman–Crippen MR) is 47.3 cm³/mol. The Labute approximate surface area is 76.1 Å². The molecule has 0 saturated heterocycles. The van der Waals surface area contributed by atoms with Gasteiger partial charge >= 0.3 is 0 Å². The molecular formula is C9H12N2O2. The smallest absolute Gasteiger partial charge is 0.292 e. The van der Waals surface area contributed by atoms with Gasteiger partial charge in [0.05, 0.1) is 0 Å². The molecule has 0 aromatic carbocycles.